The number of nitrogens with zero attached hydrogens (tertiary/aromatic N) is 2. The number of sulfonamides is 1. The summed E-state index contributed by atoms with van der Waals surface area (Å²) in [6.07, 6.45) is 1.14. The van der Waals surface area contributed by atoms with E-state index in [1.807, 2.05) is 19.9 Å². The Morgan fingerprint density at radius 2 is 1.72 bits per heavy atom. The minimum atomic E-state index is -3.23. The van der Waals surface area contributed by atoms with Crippen LogP contribution in [0.3, 0.4) is 0 Å². The number of hydrogen-bond donors (Lipinski definition) is 2. The van der Waals surface area contributed by atoms with Crippen molar-refractivity contribution >= 4 is 16.0 Å². The van der Waals surface area contributed by atoms with Crippen molar-refractivity contribution in [1.29, 1.82) is 0 Å². The first-order chi connectivity index (χ1) is 8.07. The highest BCUT2D eigenvalue weighted by molar-refractivity contribution is 7.88. The van der Waals surface area contributed by atoms with E-state index in [1.165, 1.54) is 0 Å². The molecule has 0 aromatic carbocycles. The zero-order valence-corrected chi connectivity index (χ0v) is 12.2. The van der Waals surface area contributed by atoms with Crippen molar-refractivity contribution in [1.82, 2.24) is 14.7 Å². The van der Waals surface area contributed by atoms with E-state index in [1.54, 1.807) is 13.8 Å². The second kappa shape index (κ2) is 5.19. The Balaban J connectivity index is 2.69. The normalized spacial score (nSPS) is 12.5. The predicted molar refractivity (Wildman–Crippen MR) is 72.1 cm³/mol. The Labute approximate surface area is 108 Å². The van der Waals surface area contributed by atoms with Crippen LogP contribution >= 0.6 is 0 Å². The molecule has 0 amide bonds. The summed E-state index contributed by atoms with van der Waals surface area (Å²) in [6.45, 7) is 7.77. The number of aryl methyl sites for hydroxylation is 2. The van der Waals surface area contributed by atoms with E-state index in [-0.39, 0.29) is 0 Å². The van der Waals surface area contributed by atoms with Crippen molar-refractivity contribution in [3.8, 4) is 0 Å². The van der Waals surface area contributed by atoms with E-state index in [2.05, 4.69) is 20.0 Å². The summed E-state index contributed by atoms with van der Waals surface area (Å²) in [5, 5.41) is 3.04. The van der Waals surface area contributed by atoms with Gasteiger partial charge in [-0.3, -0.25) is 0 Å². The average Bonchev–Trinajstić information content (AvgIpc) is 2.09. The number of aromatic nitrogens is 2. The summed E-state index contributed by atoms with van der Waals surface area (Å²) >= 11 is 0. The predicted octanol–water partition coefficient (Wildman–Crippen LogP) is 0.833. The van der Waals surface area contributed by atoms with Crippen molar-refractivity contribution in [2.24, 2.45) is 0 Å². The van der Waals surface area contributed by atoms with E-state index in [0.717, 1.165) is 17.6 Å². The molecule has 18 heavy (non-hydrogen) atoms. The van der Waals surface area contributed by atoms with Gasteiger partial charge < -0.3 is 5.32 Å². The van der Waals surface area contributed by atoms with Gasteiger partial charge in [0.1, 0.15) is 0 Å². The highest BCUT2D eigenvalue weighted by Gasteiger charge is 2.22. The molecule has 1 aromatic heterocycles. The van der Waals surface area contributed by atoms with Crippen molar-refractivity contribution in [2.45, 2.75) is 33.2 Å². The fourth-order valence-corrected chi connectivity index (χ4v) is 2.72. The Morgan fingerprint density at radius 1 is 1.22 bits per heavy atom. The van der Waals surface area contributed by atoms with Crippen molar-refractivity contribution < 1.29 is 8.42 Å². The lowest BCUT2D eigenvalue weighted by molar-refractivity contribution is 0.475. The van der Waals surface area contributed by atoms with E-state index >= 15 is 0 Å². The van der Waals surface area contributed by atoms with Gasteiger partial charge in [-0.05, 0) is 33.8 Å². The van der Waals surface area contributed by atoms with Gasteiger partial charge in [0.2, 0.25) is 16.0 Å². The fraction of sp³-hybridized carbons (Fsp3) is 0.636. The molecule has 1 heterocycles. The van der Waals surface area contributed by atoms with E-state index in [4.69, 9.17) is 0 Å². The molecular weight excluding hydrogens is 252 g/mol. The molecule has 6 nitrogen and oxygen atoms in total. The second-order valence-corrected chi connectivity index (χ2v) is 6.83. The lowest BCUT2D eigenvalue weighted by atomic mass is 10.1. The molecule has 7 heteroatoms. The van der Waals surface area contributed by atoms with Crippen LogP contribution in [0, 0.1) is 13.8 Å². The van der Waals surface area contributed by atoms with Crippen LogP contribution in [0.4, 0.5) is 5.95 Å². The Hall–Kier alpha value is -1.21. The standard InChI is InChI=1S/C11H20N4O2S/c1-8-6-9(2)14-10(13-8)12-7-11(3,4)15-18(5,16)17/h6,15H,7H2,1-5H3,(H,12,13,14). The molecule has 102 valence electrons. The maximum Gasteiger partial charge on any atom is 0.223 e. The Bertz CT molecular complexity index is 506. The molecule has 0 atom stereocenters. The molecule has 0 fully saturated rings. The Kier molecular flexibility index (Phi) is 4.28. The first-order valence-corrected chi connectivity index (χ1v) is 7.52. The molecule has 0 aliphatic carbocycles. The minimum Gasteiger partial charge on any atom is -0.352 e. The maximum absolute atomic E-state index is 11.2. The lowest BCUT2D eigenvalue weighted by Gasteiger charge is -2.25. The fourth-order valence-electron chi connectivity index (χ4n) is 1.64. The summed E-state index contributed by atoms with van der Waals surface area (Å²) in [4.78, 5) is 8.47. The SMILES string of the molecule is Cc1cc(C)nc(NCC(C)(C)NS(C)(=O)=O)n1. The summed E-state index contributed by atoms with van der Waals surface area (Å²) in [5.41, 5.74) is 1.15. The molecule has 0 spiro atoms. The van der Waals surface area contributed by atoms with Gasteiger partial charge in [-0.2, -0.15) is 0 Å². The van der Waals surface area contributed by atoms with Crippen LogP contribution in [-0.4, -0.2) is 36.7 Å². The van der Waals surface area contributed by atoms with Gasteiger partial charge in [-0.1, -0.05) is 0 Å². The zero-order chi connectivity index (χ0) is 14.0. The van der Waals surface area contributed by atoms with E-state index < -0.39 is 15.6 Å². The second-order valence-electron chi connectivity index (χ2n) is 5.09. The van der Waals surface area contributed by atoms with Crippen LogP contribution in [0.2, 0.25) is 0 Å². The van der Waals surface area contributed by atoms with Crippen LogP contribution in [0.1, 0.15) is 25.2 Å². The van der Waals surface area contributed by atoms with Gasteiger partial charge in [0, 0.05) is 23.5 Å². The van der Waals surface area contributed by atoms with Gasteiger partial charge in [-0.25, -0.2) is 23.1 Å². The van der Waals surface area contributed by atoms with Crippen LogP contribution in [0.5, 0.6) is 0 Å². The average molecular weight is 272 g/mol. The maximum atomic E-state index is 11.2. The molecular formula is C11H20N4O2S. The van der Waals surface area contributed by atoms with E-state index in [9.17, 15) is 8.42 Å². The molecule has 0 saturated heterocycles. The first kappa shape index (κ1) is 14.8. The molecule has 0 unspecified atom stereocenters. The smallest absolute Gasteiger partial charge is 0.223 e. The third-order valence-electron chi connectivity index (χ3n) is 2.13. The first-order valence-electron chi connectivity index (χ1n) is 5.62. The topological polar surface area (TPSA) is 84.0 Å². The van der Waals surface area contributed by atoms with Crippen LogP contribution in [0.15, 0.2) is 6.07 Å². The number of rotatable bonds is 5. The number of hydrogen-bond acceptors (Lipinski definition) is 5. The van der Waals surface area contributed by atoms with Gasteiger partial charge in [0.05, 0.1) is 6.26 Å². The van der Waals surface area contributed by atoms with Crippen LogP contribution in [0.25, 0.3) is 0 Å². The quantitative estimate of drug-likeness (QED) is 0.829. The molecule has 0 bridgehead atoms. The molecule has 0 radical (unpaired) electrons. The minimum absolute atomic E-state index is 0.406. The van der Waals surface area contributed by atoms with E-state index in [0.29, 0.717) is 12.5 Å². The summed E-state index contributed by atoms with van der Waals surface area (Å²) in [5.74, 6) is 0.510. The van der Waals surface area contributed by atoms with Crippen molar-refractivity contribution in [3.63, 3.8) is 0 Å². The summed E-state index contributed by atoms with van der Waals surface area (Å²) in [6, 6.07) is 1.88. The largest absolute Gasteiger partial charge is 0.352 e. The van der Waals surface area contributed by atoms with Gasteiger partial charge >= 0.3 is 0 Å². The number of anilines is 1. The highest BCUT2D eigenvalue weighted by atomic mass is 32.2. The molecule has 1 rings (SSSR count). The van der Waals surface area contributed by atoms with Crippen LogP contribution < -0.4 is 10.0 Å². The third kappa shape index (κ3) is 5.42. The summed E-state index contributed by atoms with van der Waals surface area (Å²) in [7, 11) is -3.23. The van der Waals surface area contributed by atoms with Gasteiger partial charge in [0.25, 0.3) is 0 Å². The van der Waals surface area contributed by atoms with Crippen molar-refractivity contribution in [2.75, 3.05) is 18.1 Å². The molecule has 0 aliphatic rings. The molecule has 0 saturated carbocycles. The number of nitrogens with one attached hydrogen (secondary N) is 2. The molecule has 1 aromatic rings. The Morgan fingerprint density at radius 3 is 2.17 bits per heavy atom. The third-order valence-corrected chi connectivity index (χ3v) is 3.06. The molecule has 2 N–H and O–H groups in total. The van der Waals surface area contributed by atoms with Gasteiger partial charge in [-0.15, -0.1) is 0 Å². The van der Waals surface area contributed by atoms with Crippen molar-refractivity contribution in [3.05, 3.63) is 17.5 Å². The highest BCUT2D eigenvalue weighted by Crippen LogP contribution is 2.08. The van der Waals surface area contributed by atoms with Gasteiger partial charge in [0.15, 0.2) is 0 Å². The monoisotopic (exact) mass is 272 g/mol. The molecule has 0 aliphatic heterocycles. The summed E-state index contributed by atoms with van der Waals surface area (Å²) < 4.78 is 24.9. The zero-order valence-electron chi connectivity index (χ0n) is 11.4. The van der Waals surface area contributed by atoms with Crippen LogP contribution in [-0.2, 0) is 10.0 Å². The lowest BCUT2D eigenvalue weighted by Crippen LogP contribution is -2.48.